The lowest BCUT2D eigenvalue weighted by atomic mass is 10.2. The molecule has 2 rings (SSSR count). The lowest BCUT2D eigenvalue weighted by Crippen LogP contribution is -2.46. The number of carbonyl (C=O) groups is 1. The van der Waals surface area contributed by atoms with Crippen molar-refractivity contribution in [1.29, 1.82) is 0 Å². The summed E-state index contributed by atoms with van der Waals surface area (Å²) < 4.78 is 28.8. The van der Waals surface area contributed by atoms with Crippen LogP contribution >= 0.6 is 0 Å². The van der Waals surface area contributed by atoms with Gasteiger partial charge in [-0.25, -0.2) is 13.9 Å². The summed E-state index contributed by atoms with van der Waals surface area (Å²) >= 11 is 0. The van der Waals surface area contributed by atoms with Gasteiger partial charge in [-0.1, -0.05) is 18.2 Å². The first-order valence-electron chi connectivity index (χ1n) is 6.81. The molecule has 0 heterocycles. The fourth-order valence-electron chi connectivity index (χ4n) is 1.86. The maximum absolute atomic E-state index is 12.5. The molecule has 0 saturated heterocycles. The first-order chi connectivity index (χ1) is 10.8. The summed E-state index contributed by atoms with van der Waals surface area (Å²) in [5, 5.41) is 8.70. The molecule has 23 heavy (non-hydrogen) atoms. The minimum absolute atomic E-state index is 0.0356. The molecule has 0 atom stereocenters. The molecule has 122 valence electrons. The van der Waals surface area contributed by atoms with Crippen molar-refractivity contribution in [2.24, 2.45) is 0 Å². The number of rotatable bonds is 5. The van der Waals surface area contributed by atoms with Crippen LogP contribution in [0, 0.1) is 0 Å². The number of hydroxylamine groups is 1. The third-order valence-corrected chi connectivity index (χ3v) is 5.85. The summed E-state index contributed by atoms with van der Waals surface area (Å²) in [5.74, 6) is 0.102. The molecular weight excluding hydrogens is 318 g/mol. The largest absolute Gasteiger partial charge is 0.457 e. The predicted octanol–water partition coefficient (Wildman–Crippen LogP) is 2.54. The summed E-state index contributed by atoms with van der Waals surface area (Å²) in [6, 6.07) is 14.8. The van der Waals surface area contributed by atoms with Crippen molar-refractivity contribution < 1.29 is 23.2 Å². The third kappa shape index (κ3) is 3.35. The van der Waals surface area contributed by atoms with Gasteiger partial charge in [-0.15, -0.1) is 0 Å². The van der Waals surface area contributed by atoms with Crippen molar-refractivity contribution in [3.05, 3.63) is 54.6 Å². The van der Waals surface area contributed by atoms with E-state index in [1.165, 1.54) is 43.6 Å². The van der Waals surface area contributed by atoms with Crippen LogP contribution in [0.4, 0.5) is 0 Å². The van der Waals surface area contributed by atoms with Crippen molar-refractivity contribution in [2.75, 3.05) is 0 Å². The molecule has 0 radical (unpaired) electrons. The minimum Gasteiger partial charge on any atom is -0.457 e. The lowest BCUT2D eigenvalue weighted by Gasteiger charge is -2.22. The molecule has 1 amide bonds. The van der Waals surface area contributed by atoms with Crippen LogP contribution in [0.25, 0.3) is 0 Å². The highest BCUT2D eigenvalue weighted by Gasteiger charge is 2.42. The smallest absolute Gasteiger partial charge is 0.264 e. The Labute approximate surface area is 134 Å². The number of carbonyl (C=O) groups excluding carboxylic acids is 1. The Balaban J connectivity index is 2.27. The standard InChI is InChI=1S/C16H17NO5S/c1-16(2,15(18)17-19)23(20,21)14-10-8-13(9-11-14)22-12-6-4-3-5-7-12/h3-11,19H,1-2H3,(H,17,18). The van der Waals surface area contributed by atoms with Gasteiger partial charge in [0.25, 0.3) is 5.91 Å². The highest BCUT2D eigenvalue weighted by atomic mass is 32.2. The highest BCUT2D eigenvalue weighted by molar-refractivity contribution is 7.93. The fraction of sp³-hybridized carbons (Fsp3) is 0.188. The van der Waals surface area contributed by atoms with E-state index in [0.717, 1.165) is 0 Å². The van der Waals surface area contributed by atoms with E-state index in [0.29, 0.717) is 11.5 Å². The summed E-state index contributed by atoms with van der Waals surface area (Å²) in [4.78, 5) is 11.6. The summed E-state index contributed by atoms with van der Waals surface area (Å²) in [6.45, 7) is 2.45. The average Bonchev–Trinajstić information content (AvgIpc) is 2.55. The van der Waals surface area contributed by atoms with Gasteiger partial charge >= 0.3 is 0 Å². The third-order valence-electron chi connectivity index (χ3n) is 3.43. The molecule has 0 aromatic heterocycles. The zero-order chi connectivity index (χ0) is 17.1. The molecule has 0 aliphatic rings. The van der Waals surface area contributed by atoms with Gasteiger partial charge in [0.1, 0.15) is 11.5 Å². The summed E-state index contributed by atoms with van der Waals surface area (Å²) in [5.41, 5.74) is 1.38. The van der Waals surface area contributed by atoms with Crippen molar-refractivity contribution in [2.45, 2.75) is 23.5 Å². The second-order valence-electron chi connectivity index (χ2n) is 5.34. The first kappa shape index (κ1) is 17.0. The van der Waals surface area contributed by atoms with E-state index >= 15 is 0 Å². The van der Waals surface area contributed by atoms with Gasteiger partial charge in [-0.3, -0.25) is 10.0 Å². The maximum atomic E-state index is 12.5. The second kappa shape index (κ2) is 6.39. The van der Waals surface area contributed by atoms with Crippen LogP contribution in [-0.2, 0) is 14.6 Å². The minimum atomic E-state index is -3.97. The van der Waals surface area contributed by atoms with Crippen molar-refractivity contribution in [1.82, 2.24) is 5.48 Å². The van der Waals surface area contributed by atoms with Gasteiger partial charge in [0.15, 0.2) is 14.6 Å². The van der Waals surface area contributed by atoms with Crippen LogP contribution < -0.4 is 10.2 Å². The highest BCUT2D eigenvalue weighted by Crippen LogP contribution is 2.28. The molecule has 0 bridgehead atoms. The monoisotopic (exact) mass is 335 g/mol. The predicted molar refractivity (Wildman–Crippen MR) is 84.2 cm³/mol. The van der Waals surface area contributed by atoms with Crippen LogP contribution in [0.15, 0.2) is 59.5 Å². The zero-order valence-electron chi connectivity index (χ0n) is 12.7. The Bertz CT molecular complexity index is 783. The van der Waals surface area contributed by atoms with E-state index in [2.05, 4.69) is 0 Å². The van der Waals surface area contributed by atoms with E-state index in [-0.39, 0.29) is 4.90 Å². The molecule has 0 aliphatic heterocycles. The van der Waals surface area contributed by atoms with Crippen molar-refractivity contribution in [3.8, 4) is 11.5 Å². The van der Waals surface area contributed by atoms with E-state index in [1.807, 2.05) is 18.2 Å². The zero-order valence-corrected chi connectivity index (χ0v) is 13.5. The Hall–Kier alpha value is -2.38. The Morgan fingerprint density at radius 1 is 1.00 bits per heavy atom. The normalized spacial score (nSPS) is 11.8. The first-order valence-corrected chi connectivity index (χ1v) is 8.29. The fourth-order valence-corrected chi connectivity index (χ4v) is 3.24. The molecule has 0 saturated carbocycles. The molecule has 0 fully saturated rings. The molecule has 7 heteroatoms. The SMILES string of the molecule is CC(C)(C(=O)NO)S(=O)(=O)c1ccc(Oc2ccccc2)cc1. The Morgan fingerprint density at radius 3 is 2.04 bits per heavy atom. The van der Waals surface area contributed by atoms with Gasteiger partial charge < -0.3 is 4.74 Å². The van der Waals surface area contributed by atoms with E-state index in [4.69, 9.17) is 9.94 Å². The van der Waals surface area contributed by atoms with E-state index in [1.54, 1.807) is 12.1 Å². The number of ether oxygens (including phenoxy) is 1. The molecule has 2 aromatic rings. The quantitative estimate of drug-likeness (QED) is 0.647. The number of hydrogen-bond acceptors (Lipinski definition) is 5. The van der Waals surface area contributed by atoms with Crippen LogP contribution in [0.1, 0.15) is 13.8 Å². The van der Waals surface area contributed by atoms with E-state index < -0.39 is 20.5 Å². The number of sulfone groups is 1. The van der Waals surface area contributed by atoms with Crippen LogP contribution in [0.5, 0.6) is 11.5 Å². The molecule has 2 N–H and O–H groups in total. The Kier molecular flexibility index (Phi) is 4.72. The van der Waals surface area contributed by atoms with Gasteiger partial charge in [0.2, 0.25) is 0 Å². The number of nitrogens with one attached hydrogen (secondary N) is 1. The number of hydrogen-bond donors (Lipinski definition) is 2. The van der Waals surface area contributed by atoms with Crippen molar-refractivity contribution in [3.63, 3.8) is 0 Å². The molecular formula is C16H17NO5S. The summed E-state index contributed by atoms with van der Waals surface area (Å²) in [7, 11) is -3.97. The maximum Gasteiger partial charge on any atom is 0.264 e. The lowest BCUT2D eigenvalue weighted by molar-refractivity contribution is -0.131. The molecule has 2 aromatic carbocycles. The number of amides is 1. The van der Waals surface area contributed by atoms with Crippen molar-refractivity contribution >= 4 is 15.7 Å². The van der Waals surface area contributed by atoms with Gasteiger partial charge in [0.05, 0.1) is 4.90 Å². The van der Waals surface area contributed by atoms with Gasteiger partial charge in [-0.2, -0.15) is 0 Å². The molecule has 0 spiro atoms. The molecule has 6 nitrogen and oxygen atoms in total. The topological polar surface area (TPSA) is 92.7 Å². The average molecular weight is 335 g/mol. The second-order valence-corrected chi connectivity index (χ2v) is 7.84. The van der Waals surface area contributed by atoms with Crippen LogP contribution in [-0.4, -0.2) is 24.3 Å². The number of para-hydroxylation sites is 1. The van der Waals surface area contributed by atoms with Crippen LogP contribution in [0.2, 0.25) is 0 Å². The molecule has 0 aliphatic carbocycles. The van der Waals surface area contributed by atoms with Gasteiger partial charge in [0, 0.05) is 0 Å². The summed E-state index contributed by atoms with van der Waals surface area (Å²) in [6.07, 6.45) is 0. The Morgan fingerprint density at radius 2 is 1.52 bits per heavy atom. The van der Waals surface area contributed by atoms with Gasteiger partial charge in [-0.05, 0) is 50.2 Å². The number of benzene rings is 2. The molecule has 0 unspecified atom stereocenters. The van der Waals surface area contributed by atoms with E-state index in [9.17, 15) is 13.2 Å². The van der Waals surface area contributed by atoms with Crippen LogP contribution in [0.3, 0.4) is 0 Å².